The molecule has 4 heteroatoms. The van der Waals surface area contributed by atoms with Crippen LogP contribution in [0.5, 0.6) is 5.75 Å². The lowest BCUT2D eigenvalue weighted by atomic mass is 10.0. The average Bonchev–Trinajstić information content (AvgIpc) is 2.31. The number of rotatable bonds is 2. The molecule has 0 aliphatic carbocycles. The van der Waals surface area contributed by atoms with Crippen LogP contribution in [0.1, 0.15) is 25.5 Å². The van der Waals surface area contributed by atoms with Crippen LogP contribution < -0.4 is 0 Å². The standard InChI is InChI=1S/C14H21ClN2O/c1-10-9-16(3)6-7-17(10)11(2)13-8-12(15)4-5-14(13)18/h4-5,8,10-11,18H,6-7,9H2,1-3H3. The van der Waals surface area contributed by atoms with Gasteiger partial charge in [-0.2, -0.15) is 0 Å². The molecule has 1 aromatic rings. The third kappa shape index (κ3) is 2.79. The smallest absolute Gasteiger partial charge is 0.120 e. The van der Waals surface area contributed by atoms with Crippen LogP contribution in [0.3, 0.4) is 0 Å². The van der Waals surface area contributed by atoms with Gasteiger partial charge in [0, 0.05) is 42.3 Å². The minimum atomic E-state index is 0.187. The first-order valence-corrected chi connectivity index (χ1v) is 6.79. The van der Waals surface area contributed by atoms with Gasteiger partial charge in [0.2, 0.25) is 0 Å². The van der Waals surface area contributed by atoms with Gasteiger partial charge in [-0.25, -0.2) is 0 Å². The Morgan fingerprint density at radius 2 is 2.11 bits per heavy atom. The maximum atomic E-state index is 9.98. The Bertz CT molecular complexity index is 424. The van der Waals surface area contributed by atoms with Crippen molar-refractivity contribution in [2.75, 3.05) is 26.7 Å². The maximum Gasteiger partial charge on any atom is 0.120 e. The Labute approximate surface area is 114 Å². The van der Waals surface area contributed by atoms with Crippen molar-refractivity contribution in [2.45, 2.75) is 25.9 Å². The molecule has 1 saturated heterocycles. The highest BCUT2D eigenvalue weighted by molar-refractivity contribution is 6.30. The molecule has 0 spiro atoms. The Hall–Kier alpha value is -0.770. The number of aromatic hydroxyl groups is 1. The van der Waals surface area contributed by atoms with Gasteiger partial charge in [0.1, 0.15) is 5.75 Å². The molecule has 2 atom stereocenters. The number of phenolic OH excluding ortho intramolecular Hbond substituents is 1. The van der Waals surface area contributed by atoms with Crippen LogP contribution in [0.4, 0.5) is 0 Å². The van der Waals surface area contributed by atoms with Crippen LogP contribution in [-0.4, -0.2) is 47.6 Å². The van der Waals surface area contributed by atoms with E-state index in [1.54, 1.807) is 12.1 Å². The van der Waals surface area contributed by atoms with Gasteiger partial charge in [0.05, 0.1) is 0 Å². The fourth-order valence-electron chi connectivity index (χ4n) is 2.77. The molecule has 1 aromatic carbocycles. The van der Waals surface area contributed by atoms with Crippen molar-refractivity contribution in [3.8, 4) is 5.75 Å². The summed E-state index contributed by atoms with van der Waals surface area (Å²) in [6.45, 7) is 7.51. The van der Waals surface area contributed by atoms with E-state index in [0.717, 1.165) is 25.2 Å². The number of piperazine rings is 1. The Kier molecular flexibility index (Phi) is 4.15. The summed E-state index contributed by atoms with van der Waals surface area (Å²) in [5, 5.41) is 10.7. The lowest BCUT2D eigenvalue weighted by Gasteiger charge is -2.42. The molecule has 18 heavy (non-hydrogen) atoms. The second-order valence-electron chi connectivity index (χ2n) is 5.23. The number of phenols is 1. The van der Waals surface area contributed by atoms with Crippen LogP contribution in [-0.2, 0) is 0 Å². The van der Waals surface area contributed by atoms with Crippen molar-refractivity contribution in [2.24, 2.45) is 0 Å². The summed E-state index contributed by atoms with van der Waals surface area (Å²) in [5.74, 6) is 0.332. The summed E-state index contributed by atoms with van der Waals surface area (Å²) in [6, 6.07) is 5.94. The number of halogens is 1. The molecule has 1 aliphatic heterocycles. The second kappa shape index (κ2) is 5.47. The van der Waals surface area contributed by atoms with E-state index < -0.39 is 0 Å². The predicted octanol–water partition coefficient (Wildman–Crippen LogP) is 2.74. The summed E-state index contributed by atoms with van der Waals surface area (Å²) in [6.07, 6.45) is 0. The summed E-state index contributed by atoms with van der Waals surface area (Å²) >= 11 is 6.02. The quantitative estimate of drug-likeness (QED) is 0.894. The third-order valence-corrected chi connectivity index (χ3v) is 4.05. The minimum Gasteiger partial charge on any atom is -0.508 e. The molecule has 0 saturated carbocycles. The van der Waals surface area contributed by atoms with Gasteiger partial charge in [-0.1, -0.05) is 11.6 Å². The molecule has 1 N–H and O–H groups in total. The molecule has 0 bridgehead atoms. The van der Waals surface area contributed by atoms with E-state index in [1.165, 1.54) is 0 Å². The summed E-state index contributed by atoms with van der Waals surface area (Å²) in [7, 11) is 2.15. The van der Waals surface area contributed by atoms with Gasteiger partial charge in [-0.3, -0.25) is 4.90 Å². The number of nitrogens with zero attached hydrogens (tertiary/aromatic N) is 2. The summed E-state index contributed by atoms with van der Waals surface area (Å²) in [4.78, 5) is 4.76. The van der Waals surface area contributed by atoms with Gasteiger partial charge < -0.3 is 10.0 Å². The zero-order valence-electron chi connectivity index (χ0n) is 11.2. The molecule has 2 rings (SSSR count). The number of hydrogen-bond acceptors (Lipinski definition) is 3. The Morgan fingerprint density at radius 1 is 1.39 bits per heavy atom. The monoisotopic (exact) mass is 268 g/mol. The average molecular weight is 269 g/mol. The highest BCUT2D eigenvalue weighted by atomic mass is 35.5. The first-order chi connectivity index (χ1) is 8.49. The van der Waals surface area contributed by atoms with Crippen LogP contribution in [0.15, 0.2) is 18.2 Å². The zero-order chi connectivity index (χ0) is 13.3. The highest BCUT2D eigenvalue weighted by Gasteiger charge is 2.27. The molecule has 2 unspecified atom stereocenters. The van der Waals surface area contributed by atoms with Crippen LogP contribution in [0.25, 0.3) is 0 Å². The van der Waals surface area contributed by atoms with Crippen LogP contribution in [0.2, 0.25) is 5.02 Å². The maximum absolute atomic E-state index is 9.98. The van der Waals surface area contributed by atoms with Crippen molar-refractivity contribution in [3.63, 3.8) is 0 Å². The van der Waals surface area contributed by atoms with E-state index in [0.29, 0.717) is 16.8 Å². The normalized spacial score (nSPS) is 24.1. The van der Waals surface area contributed by atoms with Gasteiger partial charge in [-0.15, -0.1) is 0 Å². The Balaban J connectivity index is 2.20. The minimum absolute atomic E-state index is 0.187. The van der Waals surface area contributed by atoms with E-state index in [1.807, 2.05) is 6.07 Å². The van der Waals surface area contributed by atoms with Crippen molar-refractivity contribution in [1.29, 1.82) is 0 Å². The predicted molar refractivity (Wildman–Crippen MR) is 75.2 cm³/mol. The van der Waals surface area contributed by atoms with Gasteiger partial charge >= 0.3 is 0 Å². The fraction of sp³-hybridized carbons (Fsp3) is 0.571. The van der Waals surface area contributed by atoms with E-state index in [9.17, 15) is 5.11 Å². The van der Waals surface area contributed by atoms with E-state index >= 15 is 0 Å². The molecule has 3 nitrogen and oxygen atoms in total. The fourth-order valence-corrected chi connectivity index (χ4v) is 2.95. The molecule has 0 aromatic heterocycles. The molecule has 1 heterocycles. The lowest BCUT2D eigenvalue weighted by molar-refractivity contribution is 0.0665. The lowest BCUT2D eigenvalue weighted by Crippen LogP contribution is -2.51. The summed E-state index contributed by atoms with van der Waals surface area (Å²) in [5.41, 5.74) is 0.916. The van der Waals surface area contributed by atoms with Crippen LogP contribution >= 0.6 is 11.6 Å². The van der Waals surface area contributed by atoms with E-state index in [2.05, 4.69) is 30.7 Å². The third-order valence-electron chi connectivity index (χ3n) is 3.82. The highest BCUT2D eigenvalue weighted by Crippen LogP contribution is 2.32. The number of hydrogen-bond donors (Lipinski definition) is 1. The molecule has 0 amide bonds. The summed E-state index contributed by atoms with van der Waals surface area (Å²) < 4.78 is 0. The molecular weight excluding hydrogens is 248 g/mol. The van der Waals surface area contributed by atoms with Crippen molar-refractivity contribution in [3.05, 3.63) is 28.8 Å². The topological polar surface area (TPSA) is 26.7 Å². The molecule has 100 valence electrons. The van der Waals surface area contributed by atoms with E-state index in [-0.39, 0.29) is 6.04 Å². The molecule has 0 radical (unpaired) electrons. The zero-order valence-corrected chi connectivity index (χ0v) is 12.0. The first kappa shape index (κ1) is 13.7. The van der Waals surface area contributed by atoms with Crippen molar-refractivity contribution >= 4 is 11.6 Å². The Morgan fingerprint density at radius 3 is 2.78 bits per heavy atom. The van der Waals surface area contributed by atoms with Gasteiger partial charge in [0.15, 0.2) is 0 Å². The number of likely N-dealkylation sites (N-methyl/N-ethyl adjacent to an activating group) is 1. The van der Waals surface area contributed by atoms with Crippen LogP contribution in [0, 0.1) is 0 Å². The molecular formula is C14H21ClN2O. The first-order valence-electron chi connectivity index (χ1n) is 6.41. The van der Waals surface area contributed by atoms with Gasteiger partial charge in [0.25, 0.3) is 0 Å². The van der Waals surface area contributed by atoms with Crippen molar-refractivity contribution < 1.29 is 5.11 Å². The second-order valence-corrected chi connectivity index (χ2v) is 5.66. The SMILES string of the molecule is CC1CN(C)CCN1C(C)c1cc(Cl)ccc1O. The number of benzene rings is 1. The molecule has 1 aliphatic rings. The molecule has 1 fully saturated rings. The van der Waals surface area contributed by atoms with Crippen molar-refractivity contribution in [1.82, 2.24) is 9.80 Å². The van der Waals surface area contributed by atoms with E-state index in [4.69, 9.17) is 11.6 Å². The van der Waals surface area contributed by atoms with Gasteiger partial charge in [-0.05, 0) is 39.1 Å². The largest absolute Gasteiger partial charge is 0.508 e.